The van der Waals surface area contributed by atoms with Crippen LogP contribution in [-0.2, 0) is 14.4 Å². The molecular weight excluding hydrogens is 272 g/mol. The summed E-state index contributed by atoms with van der Waals surface area (Å²) in [5.41, 5.74) is 0. The van der Waals surface area contributed by atoms with Crippen molar-refractivity contribution in [3.8, 4) is 0 Å². The molecule has 0 aliphatic heterocycles. The molecule has 6 nitrogen and oxygen atoms in total. The Balaban J connectivity index is 4.33. The van der Waals surface area contributed by atoms with Crippen molar-refractivity contribution in [1.82, 2.24) is 10.2 Å². The minimum absolute atomic E-state index is 0.0270. The van der Waals surface area contributed by atoms with Gasteiger partial charge in [-0.1, -0.05) is 27.7 Å². The van der Waals surface area contributed by atoms with Crippen LogP contribution in [-0.4, -0.2) is 46.9 Å². The Kier molecular flexibility index (Phi) is 9.41. The van der Waals surface area contributed by atoms with Crippen molar-refractivity contribution in [1.29, 1.82) is 0 Å². The van der Waals surface area contributed by atoms with Gasteiger partial charge in [-0.15, -0.1) is 0 Å². The summed E-state index contributed by atoms with van der Waals surface area (Å²) in [7, 11) is 0. The summed E-state index contributed by atoms with van der Waals surface area (Å²) in [6.07, 6.45) is 1.91. The van der Waals surface area contributed by atoms with E-state index in [-0.39, 0.29) is 24.7 Å². The molecule has 0 spiro atoms. The van der Waals surface area contributed by atoms with Gasteiger partial charge >= 0.3 is 5.97 Å². The van der Waals surface area contributed by atoms with Crippen LogP contribution in [0.1, 0.15) is 53.4 Å². The predicted octanol–water partition coefficient (Wildman–Crippen LogP) is 1.64. The summed E-state index contributed by atoms with van der Waals surface area (Å²) in [6.45, 7) is 8.85. The van der Waals surface area contributed by atoms with Crippen LogP contribution in [0.2, 0.25) is 0 Å². The highest BCUT2D eigenvalue weighted by atomic mass is 16.4. The molecule has 0 saturated carbocycles. The smallest absolute Gasteiger partial charge is 0.326 e. The maximum absolute atomic E-state index is 12.0. The highest BCUT2D eigenvalue weighted by molar-refractivity contribution is 5.87. The maximum Gasteiger partial charge on any atom is 0.326 e. The van der Waals surface area contributed by atoms with Gasteiger partial charge < -0.3 is 15.3 Å². The second-order valence-electron chi connectivity index (χ2n) is 5.51. The fourth-order valence-electron chi connectivity index (χ4n) is 2.04. The zero-order valence-corrected chi connectivity index (χ0v) is 13.5. The van der Waals surface area contributed by atoms with Gasteiger partial charge in [0.2, 0.25) is 11.8 Å². The van der Waals surface area contributed by atoms with Crippen LogP contribution in [0.5, 0.6) is 0 Å². The van der Waals surface area contributed by atoms with Crippen LogP contribution in [0.4, 0.5) is 0 Å². The molecule has 0 aromatic carbocycles. The van der Waals surface area contributed by atoms with Gasteiger partial charge in [0.1, 0.15) is 6.04 Å². The van der Waals surface area contributed by atoms with Crippen molar-refractivity contribution in [3.63, 3.8) is 0 Å². The average molecular weight is 300 g/mol. The van der Waals surface area contributed by atoms with Crippen LogP contribution >= 0.6 is 0 Å². The number of nitrogens with one attached hydrogen (secondary N) is 1. The van der Waals surface area contributed by atoms with E-state index in [1.165, 1.54) is 0 Å². The number of carboxylic acids is 1. The van der Waals surface area contributed by atoms with E-state index in [4.69, 9.17) is 5.11 Å². The van der Waals surface area contributed by atoms with Crippen molar-refractivity contribution in [2.24, 2.45) is 5.92 Å². The number of nitrogens with zero attached hydrogens (tertiary/aromatic N) is 1. The SMILES string of the molecule is CCCN(CCC)C(=O)CCC(=O)NC(C(=O)O)C(C)C. The molecule has 0 saturated heterocycles. The minimum atomic E-state index is -1.05. The Morgan fingerprint density at radius 2 is 1.57 bits per heavy atom. The third kappa shape index (κ3) is 7.68. The Hall–Kier alpha value is -1.59. The van der Waals surface area contributed by atoms with Crippen LogP contribution in [0.25, 0.3) is 0 Å². The molecule has 1 unspecified atom stereocenters. The Morgan fingerprint density at radius 3 is 1.95 bits per heavy atom. The fraction of sp³-hybridized carbons (Fsp3) is 0.800. The third-order valence-corrected chi connectivity index (χ3v) is 3.15. The van der Waals surface area contributed by atoms with Crippen LogP contribution in [0.3, 0.4) is 0 Å². The highest BCUT2D eigenvalue weighted by Gasteiger charge is 2.23. The molecule has 0 aromatic rings. The largest absolute Gasteiger partial charge is 0.480 e. The normalized spacial score (nSPS) is 12.0. The van der Waals surface area contributed by atoms with Crippen LogP contribution in [0, 0.1) is 5.92 Å². The standard InChI is InChI=1S/C15H28N2O4/c1-5-9-17(10-6-2)13(19)8-7-12(18)16-14(11(3)4)15(20)21/h11,14H,5-10H2,1-4H3,(H,16,18)(H,20,21). The molecule has 0 rings (SSSR count). The number of amides is 2. The third-order valence-electron chi connectivity index (χ3n) is 3.15. The van der Waals surface area contributed by atoms with Crippen molar-refractivity contribution in [2.75, 3.05) is 13.1 Å². The van der Waals surface area contributed by atoms with E-state index in [2.05, 4.69) is 5.32 Å². The van der Waals surface area contributed by atoms with E-state index < -0.39 is 17.9 Å². The van der Waals surface area contributed by atoms with E-state index in [1.807, 2.05) is 13.8 Å². The van der Waals surface area contributed by atoms with E-state index in [0.717, 1.165) is 12.8 Å². The number of aliphatic carboxylic acids is 1. The van der Waals surface area contributed by atoms with E-state index >= 15 is 0 Å². The predicted molar refractivity (Wildman–Crippen MR) is 80.8 cm³/mol. The molecule has 2 amide bonds. The first kappa shape index (κ1) is 19.4. The summed E-state index contributed by atoms with van der Waals surface area (Å²) in [4.78, 5) is 36.5. The second-order valence-corrected chi connectivity index (χ2v) is 5.51. The lowest BCUT2D eigenvalue weighted by Crippen LogP contribution is -2.44. The van der Waals surface area contributed by atoms with E-state index in [0.29, 0.717) is 13.1 Å². The summed E-state index contributed by atoms with van der Waals surface area (Å²) in [5, 5.41) is 11.5. The van der Waals surface area contributed by atoms with Crippen LogP contribution < -0.4 is 5.32 Å². The van der Waals surface area contributed by atoms with Gasteiger partial charge in [0.05, 0.1) is 0 Å². The Labute approximate surface area is 126 Å². The molecule has 0 aliphatic rings. The zero-order valence-electron chi connectivity index (χ0n) is 13.5. The monoisotopic (exact) mass is 300 g/mol. The number of carboxylic acid groups (broad SMARTS) is 1. The summed E-state index contributed by atoms with van der Waals surface area (Å²) in [5.74, 6) is -1.69. The van der Waals surface area contributed by atoms with Crippen LogP contribution in [0.15, 0.2) is 0 Å². The number of carbonyl (C=O) groups is 3. The topological polar surface area (TPSA) is 86.7 Å². The highest BCUT2D eigenvalue weighted by Crippen LogP contribution is 2.05. The molecule has 0 radical (unpaired) electrons. The molecule has 2 N–H and O–H groups in total. The molecular formula is C15H28N2O4. The van der Waals surface area contributed by atoms with E-state index in [9.17, 15) is 14.4 Å². The van der Waals surface area contributed by atoms with Gasteiger partial charge in [-0.05, 0) is 18.8 Å². The molecule has 0 heterocycles. The molecule has 122 valence electrons. The molecule has 1 atom stereocenters. The lowest BCUT2D eigenvalue weighted by molar-refractivity contribution is -0.143. The Bertz CT molecular complexity index is 350. The summed E-state index contributed by atoms with van der Waals surface area (Å²) < 4.78 is 0. The van der Waals surface area contributed by atoms with E-state index in [1.54, 1.807) is 18.7 Å². The first-order valence-corrected chi connectivity index (χ1v) is 7.63. The molecule has 0 aromatic heterocycles. The minimum Gasteiger partial charge on any atom is -0.480 e. The summed E-state index contributed by atoms with van der Waals surface area (Å²) in [6, 6.07) is -0.907. The van der Waals surface area contributed by atoms with Crippen molar-refractivity contribution >= 4 is 17.8 Å². The molecule has 21 heavy (non-hydrogen) atoms. The van der Waals surface area contributed by atoms with Crippen molar-refractivity contribution in [3.05, 3.63) is 0 Å². The number of hydrogen-bond donors (Lipinski definition) is 2. The van der Waals surface area contributed by atoms with Gasteiger partial charge in [0, 0.05) is 25.9 Å². The van der Waals surface area contributed by atoms with Gasteiger partial charge in [-0.25, -0.2) is 4.79 Å². The first-order chi connectivity index (χ1) is 9.83. The van der Waals surface area contributed by atoms with Gasteiger partial charge in [-0.2, -0.15) is 0 Å². The Morgan fingerprint density at radius 1 is 1.05 bits per heavy atom. The maximum atomic E-state index is 12.0. The van der Waals surface area contributed by atoms with Gasteiger partial charge in [0.15, 0.2) is 0 Å². The van der Waals surface area contributed by atoms with Gasteiger partial charge in [0.25, 0.3) is 0 Å². The van der Waals surface area contributed by atoms with Gasteiger partial charge in [-0.3, -0.25) is 9.59 Å². The zero-order chi connectivity index (χ0) is 16.4. The quantitative estimate of drug-likeness (QED) is 0.642. The van der Waals surface area contributed by atoms with Crippen molar-refractivity contribution < 1.29 is 19.5 Å². The summed E-state index contributed by atoms with van der Waals surface area (Å²) >= 11 is 0. The molecule has 0 fully saturated rings. The lowest BCUT2D eigenvalue weighted by atomic mass is 10.0. The fourth-order valence-corrected chi connectivity index (χ4v) is 2.04. The average Bonchev–Trinajstić information content (AvgIpc) is 2.41. The molecule has 0 aliphatic carbocycles. The lowest BCUT2D eigenvalue weighted by Gasteiger charge is -2.22. The number of hydrogen-bond acceptors (Lipinski definition) is 3. The van der Waals surface area contributed by atoms with Crippen molar-refractivity contribution in [2.45, 2.75) is 59.4 Å². The molecule has 6 heteroatoms. The number of carbonyl (C=O) groups excluding carboxylic acids is 2. The number of rotatable bonds is 10. The molecule has 0 bridgehead atoms. The second kappa shape index (κ2) is 10.2. The first-order valence-electron chi connectivity index (χ1n) is 7.63.